The average Bonchev–Trinajstić information content (AvgIpc) is 2.81. The molecule has 0 heteroatoms. The van der Waals surface area contributed by atoms with Crippen LogP contribution in [0.25, 0.3) is 43.1 Å². The highest BCUT2D eigenvalue weighted by Crippen LogP contribution is 2.30. The van der Waals surface area contributed by atoms with Crippen molar-refractivity contribution in [2.24, 2.45) is 0 Å². The van der Waals surface area contributed by atoms with Crippen LogP contribution in [0.3, 0.4) is 0 Å². The van der Waals surface area contributed by atoms with E-state index in [0.717, 1.165) is 0 Å². The van der Waals surface area contributed by atoms with E-state index in [4.69, 9.17) is 0 Å². The highest BCUT2D eigenvalue weighted by atomic mass is 14.1. The van der Waals surface area contributed by atoms with Gasteiger partial charge in [0.2, 0.25) is 0 Å². The minimum atomic E-state index is 1.32. The highest BCUT2D eigenvalue weighted by Gasteiger charge is 2.04. The maximum absolute atomic E-state index is 2.24. The van der Waals surface area contributed by atoms with Crippen LogP contribution in [-0.2, 0) is 0 Å². The Balaban J connectivity index is 0.000000135. The van der Waals surface area contributed by atoms with E-state index in [0.29, 0.717) is 0 Å². The number of hydrogen-bond donors (Lipinski definition) is 0. The lowest BCUT2D eigenvalue weighted by molar-refractivity contribution is 1.47. The molecule has 0 unspecified atom stereocenters. The van der Waals surface area contributed by atoms with E-state index in [9.17, 15) is 0 Å². The van der Waals surface area contributed by atoms with Crippen LogP contribution in [0.1, 0.15) is 22.3 Å². The first-order valence-corrected chi connectivity index (χ1v) is 11.3. The summed E-state index contributed by atoms with van der Waals surface area (Å²) in [6.07, 6.45) is 0. The topological polar surface area (TPSA) is 0 Å². The van der Waals surface area contributed by atoms with Crippen LogP contribution in [0.2, 0.25) is 0 Å². The van der Waals surface area contributed by atoms with Crippen LogP contribution >= 0.6 is 0 Å². The molecule has 0 spiro atoms. The van der Waals surface area contributed by atoms with Gasteiger partial charge in [-0.05, 0) is 81.9 Å². The summed E-state index contributed by atoms with van der Waals surface area (Å²) in [4.78, 5) is 0. The fraction of sp³-hybridized carbons (Fsp3) is 0.125. The number of rotatable bonds is 0. The van der Waals surface area contributed by atoms with Gasteiger partial charge in [-0.3, -0.25) is 0 Å². The molecular weight excluding hydrogens is 384 g/mol. The van der Waals surface area contributed by atoms with E-state index in [2.05, 4.69) is 125 Å². The Bertz CT molecular complexity index is 1540. The van der Waals surface area contributed by atoms with Crippen molar-refractivity contribution in [2.75, 3.05) is 0 Å². The van der Waals surface area contributed by atoms with Crippen molar-refractivity contribution in [1.82, 2.24) is 0 Å². The molecule has 0 fully saturated rings. The molecule has 32 heavy (non-hydrogen) atoms. The van der Waals surface area contributed by atoms with Gasteiger partial charge in [0.25, 0.3) is 0 Å². The summed E-state index contributed by atoms with van der Waals surface area (Å²) in [6.45, 7) is 8.64. The van der Waals surface area contributed by atoms with E-state index in [1.807, 2.05) is 0 Å². The van der Waals surface area contributed by atoms with Gasteiger partial charge in [0, 0.05) is 0 Å². The maximum atomic E-state index is 2.24. The molecule has 0 heterocycles. The second kappa shape index (κ2) is 8.13. The Morgan fingerprint density at radius 2 is 0.906 bits per heavy atom. The van der Waals surface area contributed by atoms with E-state index < -0.39 is 0 Å². The second-order valence-corrected chi connectivity index (χ2v) is 8.92. The lowest BCUT2D eigenvalue weighted by Crippen LogP contribution is -1.84. The molecule has 0 aliphatic rings. The molecule has 6 rings (SSSR count). The largest absolute Gasteiger partial charge is 0.0616 e. The molecule has 0 saturated carbocycles. The number of benzene rings is 6. The fourth-order valence-electron chi connectivity index (χ4n) is 4.76. The smallest absolute Gasteiger partial charge is 0.00735 e. The van der Waals surface area contributed by atoms with Crippen LogP contribution < -0.4 is 0 Å². The van der Waals surface area contributed by atoms with Crippen molar-refractivity contribution in [1.29, 1.82) is 0 Å². The normalized spacial score (nSPS) is 11.1. The van der Waals surface area contributed by atoms with Gasteiger partial charge < -0.3 is 0 Å². The third-order valence-corrected chi connectivity index (χ3v) is 6.48. The van der Waals surface area contributed by atoms with Crippen molar-refractivity contribution < 1.29 is 0 Å². The zero-order valence-electron chi connectivity index (χ0n) is 19.2. The molecule has 0 N–H and O–H groups in total. The molecule has 156 valence electrons. The van der Waals surface area contributed by atoms with Gasteiger partial charge in [0.1, 0.15) is 0 Å². The van der Waals surface area contributed by atoms with Crippen molar-refractivity contribution in [3.8, 4) is 0 Å². The van der Waals surface area contributed by atoms with Gasteiger partial charge in [-0.15, -0.1) is 0 Å². The summed E-state index contributed by atoms with van der Waals surface area (Å²) in [5, 5.41) is 10.8. The Morgan fingerprint density at radius 1 is 0.375 bits per heavy atom. The van der Waals surface area contributed by atoms with E-state index >= 15 is 0 Å². The maximum Gasteiger partial charge on any atom is -0.00735 e. The van der Waals surface area contributed by atoms with Gasteiger partial charge in [-0.25, -0.2) is 0 Å². The van der Waals surface area contributed by atoms with E-state index in [1.54, 1.807) is 0 Å². The zero-order valence-corrected chi connectivity index (χ0v) is 19.2. The molecule has 0 aliphatic heterocycles. The molecule has 6 aromatic rings. The van der Waals surface area contributed by atoms with Gasteiger partial charge in [0.15, 0.2) is 0 Å². The SMILES string of the molecule is Cc1ccc(C)c2c1ccc1ccccc12.Cc1ccc2c(ccc3cc(C)ccc32)c1. The molecule has 0 aliphatic carbocycles. The van der Waals surface area contributed by atoms with Crippen LogP contribution in [0.5, 0.6) is 0 Å². The fourth-order valence-corrected chi connectivity index (χ4v) is 4.76. The third kappa shape index (κ3) is 3.63. The lowest BCUT2D eigenvalue weighted by atomic mass is 9.95. The molecule has 0 aromatic heterocycles. The number of aryl methyl sites for hydroxylation is 4. The third-order valence-electron chi connectivity index (χ3n) is 6.48. The van der Waals surface area contributed by atoms with Crippen molar-refractivity contribution in [3.63, 3.8) is 0 Å². The minimum Gasteiger partial charge on any atom is -0.0616 e. The van der Waals surface area contributed by atoms with Gasteiger partial charge in [-0.1, -0.05) is 108 Å². The first-order chi connectivity index (χ1) is 15.5. The molecular formula is C32H28. The first-order valence-electron chi connectivity index (χ1n) is 11.3. The van der Waals surface area contributed by atoms with Crippen molar-refractivity contribution >= 4 is 43.1 Å². The summed E-state index contributed by atoms with van der Waals surface area (Å²) >= 11 is 0. The monoisotopic (exact) mass is 412 g/mol. The highest BCUT2D eigenvalue weighted by molar-refractivity contribution is 6.10. The van der Waals surface area contributed by atoms with Gasteiger partial charge >= 0.3 is 0 Å². The van der Waals surface area contributed by atoms with Crippen molar-refractivity contribution in [3.05, 3.63) is 119 Å². The Hall–Kier alpha value is -3.64. The van der Waals surface area contributed by atoms with E-state index in [-0.39, 0.29) is 0 Å². The minimum absolute atomic E-state index is 1.32. The van der Waals surface area contributed by atoms with Gasteiger partial charge in [-0.2, -0.15) is 0 Å². The number of fused-ring (bicyclic) bond motifs is 6. The van der Waals surface area contributed by atoms with Crippen LogP contribution in [-0.4, -0.2) is 0 Å². The standard InChI is InChI=1S/2C16H14/c1-11-3-7-15-13(9-11)5-6-14-10-12(2)4-8-16(14)15;1-11-7-8-12(2)16-14(11)10-9-13-5-3-4-6-15(13)16/h2*3-10H,1-2H3. The molecule has 0 saturated heterocycles. The molecule has 0 amide bonds. The average molecular weight is 413 g/mol. The molecule has 0 bridgehead atoms. The van der Waals surface area contributed by atoms with E-state index in [1.165, 1.54) is 65.3 Å². The number of hydrogen-bond acceptors (Lipinski definition) is 0. The zero-order chi connectivity index (χ0) is 22.2. The molecule has 6 aromatic carbocycles. The molecule has 0 atom stereocenters. The quantitative estimate of drug-likeness (QED) is 0.218. The van der Waals surface area contributed by atoms with Crippen LogP contribution in [0.4, 0.5) is 0 Å². The Kier molecular flexibility index (Phi) is 5.15. The summed E-state index contributed by atoms with van der Waals surface area (Å²) in [6, 6.07) is 35.2. The Morgan fingerprint density at radius 3 is 1.56 bits per heavy atom. The van der Waals surface area contributed by atoms with Gasteiger partial charge in [0.05, 0.1) is 0 Å². The summed E-state index contributed by atoms with van der Waals surface area (Å²) in [7, 11) is 0. The molecule has 0 nitrogen and oxygen atoms in total. The second-order valence-electron chi connectivity index (χ2n) is 8.92. The van der Waals surface area contributed by atoms with Crippen LogP contribution in [0.15, 0.2) is 97.1 Å². The van der Waals surface area contributed by atoms with Crippen molar-refractivity contribution in [2.45, 2.75) is 27.7 Å². The molecule has 0 radical (unpaired) electrons. The summed E-state index contributed by atoms with van der Waals surface area (Å²) in [5.74, 6) is 0. The summed E-state index contributed by atoms with van der Waals surface area (Å²) in [5.41, 5.74) is 5.35. The predicted octanol–water partition coefficient (Wildman–Crippen LogP) is 9.22. The predicted molar refractivity (Wildman–Crippen MR) is 142 cm³/mol. The first kappa shape index (κ1) is 20.3. The Labute approximate surface area is 190 Å². The summed E-state index contributed by atoms with van der Waals surface area (Å²) < 4.78 is 0. The lowest BCUT2D eigenvalue weighted by Gasteiger charge is -2.09. The van der Waals surface area contributed by atoms with Crippen LogP contribution in [0, 0.1) is 27.7 Å².